The van der Waals surface area contributed by atoms with E-state index in [-0.39, 0.29) is 35.3 Å². The van der Waals surface area contributed by atoms with Gasteiger partial charge >= 0.3 is 0 Å². The average molecular weight is 551 g/mol. The molecule has 1 aliphatic heterocycles. The second-order valence-electron chi connectivity index (χ2n) is 8.62. The summed E-state index contributed by atoms with van der Waals surface area (Å²) in [5, 5.41) is 13.0. The summed E-state index contributed by atoms with van der Waals surface area (Å²) >= 11 is 1.68. The van der Waals surface area contributed by atoms with Gasteiger partial charge < -0.3 is 16.0 Å². The number of thiazole rings is 1. The predicted octanol–water partition coefficient (Wildman–Crippen LogP) is 3.10. The number of likely N-dealkylation sites (tertiary alicyclic amines) is 1. The number of halogens is 1. The second kappa shape index (κ2) is 13.5. The van der Waals surface area contributed by atoms with Crippen LogP contribution in [0.25, 0.3) is 0 Å². The predicted molar refractivity (Wildman–Crippen MR) is 137 cm³/mol. The number of amides is 1. The van der Waals surface area contributed by atoms with Crippen molar-refractivity contribution in [3.05, 3.63) is 16.1 Å². The average Bonchev–Trinajstić information content (AvgIpc) is 3.16. The SMILES string of the molecule is CCCNC(=O)CN1CCC(NC(=NCc2nc(C(C)(C)C)cs2)NCC)CC1.I. The molecule has 1 saturated heterocycles. The fourth-order valence-electron chi connectivity index (χ4n) is 3.15. The van der Waals surface area contributed by atoms with E-state index in [1.54, 1.807) is 11.3 Å². The zero-order valence-corrected chi connectivity index (χ0v) is 22.2. The Morgan fingerprint density at radius 2 is 1.97 bits per heavy atom. The maximum atomic E-state index is 11.9. The van der Waals surface area contributed by atoms with Crippen molar-refractivity contribution in [3.8, 4) is 0 Å². The number of aliphatic imine (C=N–C) groups is 1. The summed E-state index contributed by atoms with van der Waals surface area (Å²) in [6, 6.07) is 0.379. The molecular formula is C21H39IN6OS. The van der Waals surface area contributed by atoms with Crippen molar-refractivity contribution in [1.29, 1.82) is 0 Å². The van der Waals surface area contributed by atoms with E-state index >= 15 is 0 Å². The van der Waals surface area contributed by atoms with Gasteiger partial charge in [-0.1, -0.05) is 27.7 Å². The summed E-state index contributed by atoms with van der Waals surface area (Å²) in [7, 11) is 0. The molecule has 1 amide bonds. The first kappa shape index (κ1) is 27.1. The van der Waals surface area contributed by atoms with Gasteiger partial charge in [0, 0.05) is 43.0 Å². The molecule has 2 heterocycles. The van der Waals surface area contributed by atoms with Crippen LogP contribution in [0.3, 0.4) is 0 Å². The van der Waals surface area contributed by atoms with Crippen LogP contribution in [0, 0.1) is 0 Å². The van der Waals surface area contributed by atoms with Gasteiger partial charge in [0.2, 0.25) is 5.91 Å². The summed E-state index contributed by atoms with van der Waals surface area (Å²) in [5.41, 5.74) is 1.20. The molecule has 0 unspecified atom stereocenters. The molecule has 0 bridgehead atoms. The fraction of sp³-hybridized carbons (Fsp3) is 0.762. The number of nitrogens with zero attached hydrogens (tertiary/aromatic N) is 3. The first-order valence-electron chi connectivity index (χ1n) is 10.8. The normalized spacial score (nSPS) is 16.1. The zero-order valence-electron chi connectivity index (χ0n) is 19.1. The molecule has 1 aromatic rings. The number of guanidine groups is 1. The van der Waals surface area contributed by atoms with Crippen molar-refractivity contribution in [1.82, 2.24) is 25.8 Å². The molecule has 172 valence electrons. The summed E-state index contributed by atoms with van der Waals surface area (Å²) in [5.74, 6) is 0.977. The van der Waals surface area contributed by atoms with Gasteiger partial charge in [0.05, 0.1) is 18.8 Å². The zero-order chi connectivity index (χ0) is 21.3. The van der Waals surface area contributed by atoms with Crippen LogP contribution in [0.15, 0.2) is 10.4 Å². The minimum absolute atomic E-state index is 0. The molecule has 1 fully saturated rings. The first-order valence-corrected chi connectivity index (χ1v) is 11.7. The molecule has 3 N–H and O–H groups in total. The molecule has 2 rings (SSSR count). The van der Waals surface area contributed by atoms with Crippen LogP contribution in [0.1, 0.15) is 64.6 Å². The van der Waals surface area contributed by atoms with Crippen LogP contribution in [-0.4, -0.2) is 60.5 Å². The summed E-state index contributed by atoms with van der Waals surface area (Å²) in [6.45, 7) is 15.2. The Hall–Kier alpha value is -0.940. The fourth-order valence-corrected chi connectivity index (χ4v) is 4.09. The van der Waals surface area contributed by atoms with E-state index in [2.05, 4.69) is 60.8 Å². The lowest BCUT2D eigenvalue weighted by molar-refractivity contribution is -0.122. The molecule has 0 aliphatic carbocycles. The highest BCUT2D eigenvalue weighted by molar-refractivity contribution is 14.0. The van der Waals surface area contributed by atoms with Gasteiger partial charge in [-0.05, 0) is 26.2 Å². The molecule has 0 saturated carbocycles. The lowest BCUT2D eigenvalue weighted by Crippen LogP contribution is -2.50. The van der Waals surface area contributed by atoms with E-state index in [9.17, 15) is 4.79 Å². The quantitative estimate of drug-likeness (QED) is 0.263. The molecule has 1 aromatic heterocycles. The van der Waals surface area contributed by atoms with Gasteiger partial charge in [0.1, 0.15) is 5.01 Å². The number of rotatable bonds is 8. The highest BCUT2D eigenvalue weighted by Crippen LogP contribution is 2.24. The van der Waals surface area contributed by atoms with Crippen LogP contribution in [0.2, 0.25) is 0 Å². The summed E-state index contributed by atoms with van der Waals surface area (Å²) in [4.78, 5) is 23.6. The van der Waals surface area contributed by atoms with Crippen molar-refractivity contribution in [2.45, 2.75) is 71.9 Å². The third-order valence-electron chi connectivity index (χ3n) is 4.90. The highest BCUT2D eigenvalue weighted by Gasteiger charge is 2.21. The van der Waals surface area contributed by atoms with Crippen molar-refractivity contribution in [2.24, 2.45) is 4.99 Å². The van der Waals surface area contributed by atoms with Crippen LogP contribution >= 0.6 is 35.3 Å². The molecule has 0 radical (unpaired) electrons. The Bertz CT molecular complexity index is 665. The van der Waals surface area contributed by atoms with E-state index in [0.29, 0.717) is 19.1 Å². The van der Waals surface area contributed by atoms with E-state index in [0.717, 1.165) is 62.1 Å². The monoisotopic (exact) mass is 550 g/mol. The Kier molecular flexibility index (Phi) is 12.2. The van der Waals surface area contributed by atoms with E-state index < -0.39 is 0 Å². The van der Waals surface area contributed by atoms with E-state index in [1.165, 1.54) is 0 Å². The lowest BCUT2D eigenvalue weighted by atomic mass is 9.93. The van der Waals surface area contributed by atoms with Crippen molar-refractivity contribution in [3.63, 3.8) is 0 Å². The number of carbonyl (C=O) groups is 1. The number of piperidine rings is 1. The highest BCUT2D eigenvalue weighted by atomic mass is 127. The Labute approximate surface area is 202 Å². The largest absolute Gasteiger partial charge is 0.357 e. The summed E-state index contributed by atoms with van der Waals surface area (Å²) < 4.78 is 0. The van der Waals surface area contributed by atoms with Crippen LogP contribution in [0.5, 0.6) is 0 Å². The van der Waals surface area contributed by atoms with Gasteiger partial charge in [0.25, 0.3) is 0 Å². The molecule has 7 nitrogen and oxygen atoms in total. The van der Waals surface area contributed by atoms with Gasteiger partial charge in [0.15, 0.2) is 5.96 Å². The molecule has 0 atom stereocenters. The third-order valence-corrected chi connectivity index (χ3v) is 5.74. The Morgan fingerprint density at radius 3 is 2.53 bits per heavy atom. The van der Waals surface area contributed by atoms with Crippen LogP contribution < -0.4 is 16.0 Å². The van der Waals surface area contributed by atoms with Gasteiger partial charge in [-0.25, -0.2) is 9.98 Å². The van der Waals surface area contributed by atoms with Crippen LogP contribution in [0.4, 0.5) is 0 Å². The minimum Gasteiger partial charge on any atom is -0.357 e. The number of hydrogen-bond donors (Lipinski definition) is 3. The van der Waals surface area contributed by atoms with Gasteiger partial charge in [-0.15, -0.1) is 35.3 Å². The Balaban J connectivity index is 0.00000450. The maximum absolute atomic E-state index is 11.9. The molecule has 9 heteroatoms. The second-order valence-corrected chi connectivity index (χ2v) is 9.56. The van der Waals surface area contributed by atoms with Crippen molar-refractivity contribution < 1.29 is 4.79 Å². The van der Waals surface area contributed by atoms with E-state index in [1.807, 2.05) is 0 Å². The first-order chi connectivity index (χ1) is 13.8. The van der Waals surface area contributed by atoms with Crippen molar-refractivity contribution in [2.75, 3.05) is 32.7 Å². The molecule has 0 spiro atoms. The smallest absolute Gasteiger partial charge is 0.234 e. The topological polar surface area (TPSA) is 81.7 Å². The van der Waals surface area contributed by atoms with Gasteiger partial charge in [-0.3, -0.25) is 9.69 Å². The van der Waals surface area contributed by atoms with E-state index in [4.69, 9.17) is 9.98 Å². The number of carbonyl (C=O) groups excluding carboxylic acids is 1. The maximum Gasteiger partial charge on any atom is 0.234 e. The standard InChI is InChI=1S/C21H38N6OS.HI/c1-6-10-23-18(28)14-27-11-8-16(9-12-27)25-20(22-7-2)24-13-19-26-17(15-29-19)21(3,4)5;/h15-16H,6-14H2,1-5H3,(H,23,28)(H2,22,24,25);1H. The molecule has 1 aliphatic rings. The van der Waals surface area contributed by atoms with Gasteiger partial charge in [-0.2, -0.15) is 0 Å². The van der Waals surface area contributed by atoms with Crippen molar-refractivity contribution >= 4 is 47.2 Å². The Morgan fingerprint density at radius 1 is 1.27 bits per heavy atom. The molecule has 0 aromatic carbocycles. The number of hydrogen-bond acceptors (Lipinski definition) is 5. The number of nitrogens with one attached hydrogen (secondary N) is 3. The number of aromatic nitrogens is 1. The lowest BCUT2D eigenvalue weighted by Gasteiger charge is -2.32. The van der Waals surface area contributed by atoms with Crippen LogP contribution in [-0.2, 0) is 16.8 Å². The summed E-state index contributed by atoms with van der Waals surface area (Å²) in [6.07, 6.45) is 3.00. The molecule has 30 heavy (non-hydrogen) atoms. The third kappa shape index (κ3) is 9.47. The minimum atomic E-state index is 0. The molecular weight excluding hydrogens is 511 g/mol.